The first-order valence-corrected chi connectivity index (χ1v) is 9.78. The minimum absolute atomic E-state index is 0.0130. The predicted molar refractivity (Wildman–Crippen MR) is 106 cm³/mol. The van der Waals surface area contributed by atoms with E-state index in [1.807, 2.05) is 45.2 Å². The Balaban J connectivity index is 1.84. The van der Waals surface area contributed by atoms with E-state index in [9.17, 15) is 4.79 Å². The quantitative estimate of drug-likeness (QED) is 0.644. The first-order chi connectivity index (χ1) is 12.9. The standard InChI is InChI=1S/C20H19N5OS/c1-12-21-8-14(9-22-12)13-5-6-15-16(7-13)25(19(26)20(15,2)3)17-10-24-18(27-4)11-23-17/h5-11H,1-4H3. The zero-order valence-electron chi connectivity index (χ0n) is 15.6. The highest BCUT2D eigenvalue weighted by Gasteiger charge is 2.45. The number of aromatic nitrogens is 4. The van der Waals surface area contributed by atoms with Crippen LogP contribution in [-0.4, -0.2) is 32.1 Å². The van der Waals surface area contributed by atoms with Gasteiger partial charge >= 0.3 is 0 Å². The van der Waals surface area contributed by atoms with Gasteiger partial charge in [-0.3, -0.25) is 9.69 Å². The zero-order chi connectivity index (χ0) is 19.2. The Hall–Kier alpha value is -2.80. The van der Waals surface area contributed by atoms with Crippen LogP contribution in [0.2, 0.25) is 0 Å². The summed E-state index contributed by atoms with van der Waals surface area (Å²) in [5.41, 5.74) is 3.04. The SMILES string of the molecule is CSc1cnc(N2C(=O)C(C)(C)c3ccc(-c4cnc(C)nc4)cc32)cn1. The molecular weight excluding hydrogens is 358 g/mol. The molecule has 3 heterocycles. The van der Waals surface area contributed by atoms with Gasteiger partial charge in [0.15, 0.2) is 5.82 Å². The molecule has 0 saturated carbocycles. The molecule has 0 aliphatic carbocycles. The molecular formula is C20H19N5OS. The summed E-state index contributed by atoms with van der Waals surface area (Å²) in [4.78, 5) is 32.2. The highest BCUT2D eigenvalue weighted by atomic mass is 32.2. The van der Waals surface area contributed by atoms with Crippen molar-refractivity contribution in [3.05, 3.63) is 54.4 Å². The van der Waals surface area contributed by atoms with Crippen molar-refractivity contribution >= 4 is 29.2 Å². The number of carbonyl (C=O) groups excluding carboxylic acids is 1. The summed E-state index contributed by atoms with van der Waals surface area (Å²) in [5, 5.41) is 0.815. The maximum absolute atomic E-state index is 13.2. The number of fused-ring (bicyclic) bond motifs is 1. The third kappa shape index (κ3) is 2.88. The van der Waals surface area contributed by atoms with Gasteiger partial charge in [-0.15, -0.1) is 11.8 Å². The second kappa shape index (κ2) is 6.42. The summed E-state index contributed by atoms with van der Waals surface area (Å²) in [6.45, 7) is 5.73. The van der Waals surface area contributed by atoms with Gasteiger partial charge in [0.2, 0.25) is 5.91 Å². The summed E-state index contributed by atoms with van der Waals surface area (Å²) >= 11 is 1.52. The van der Waals surface area contributed by atoms with Crippen LogP contribution in [-0.2, 0) is 10.2 Å². The van der Waals surface area contributed by atoms with Crippen LogP contribution in [0.1, 0.15) is 25.2 Å². The second-order valence-corrected chi connectivity index (χ2v) is 7.76. The average molecular weight is 377 g/mol. The largest absolute Gasteiger partial charge is 0.273 e. The van der Waals surface area contributed by atoms with Gasteiger partial charge in [0, 0.05) is 18.0 Å². The Morgan fingerprint density at radius 2 is 1.70 bits per heavy atom. The van der Waals surface area contributed by atoms with E-state index >= 15 is 0 Å². The van der Waals surface area contributed by atoms with E-state index < -0.39 is 5.41 Å². The molecule has 2 aromatic heterocycles. The van der Waals surface area contributed by atoms with Gasteiger partial charge in [0.1, 0.15) is 10.9 Å². The molecule has 0 unspecified atom stereocenters. The van der Waals surface area contributed by atoms with E-state index in [4.69, 9.17) is 0 Å². The molecule has 27 heavy (non-hydrogen) atoms. The summed E-state index contributed by atoms with van der Waals surface area (Å²) in [7, 11) is 0. The van der Waals surface area contributed by atoms with Gasteiger partial charge in [0.25, 0.3) is 0 Å². The molecule has 1 amide bonds. The van der Waals surface area contributed by atoms with E-state index in [1.165, 1.54) is 11.8 Å². The number of benzene rings is 1. The van der Waals surface area contributed by atoms with Crippen LogP contribution in [0.5, 0.6) is 0 Å². The van der Waals surface area contributed by atoms with E-state index in [1.54, 1.807) is 29.7 Å². The van der Waals surface area contributed by atoms with Gasteiger partial charge in [-0.25, -0.2) is 19.9 Å². The lowest BCUT2D eigenvalue weighted by atomic mass is 9.85. The van der Waals surface area contributed by atoms with Crippen molar-refractivity contribution < 1.29 is 4.79 Å². The van der Waals surface area contributed by atoms with Crippen molar-refractivity contribution in [3.63, 3.8) is 0 Å². The van der Waals surface area contributed by atoms with Crippen LogP contribution in [0.15, 0.2) is 48.0 Å². The van der Waals surface area contributed by atoms with Crippen molar-refractivity contribution in [3.8, 4) is 11.1 Å². The highest BCUT2D eigenvalue weighted by molar-refractivity contribution is 7.98. The Morgan fingerprint density at radius 3 is 2.33 bits per heavy atom. The van der Waals surface area contributed by atoms with Crippen molar-refractivity contribution in [2.24, 2.45) is 0 Å². The molecule has 7 heteroatoms. The summed E-state index contributed by atoms with van der Waals surface area (Å²) in [6.07, 6.45) is 8.87. The molecule has 1 aliphatic heterocycles. The van der Waals surface area contributed by atoms with E-state index in [2.05, 4.69) is 19.9 Å². The number of nitrogens with zero attached hydrogens (tertiary/aromatic N) is 5. The topological polar surface area (TPSA) is 71.9 Å². The number of thioether (sulfide) groups is 1. The maximum Gasteiger partial charge on any atom is 0.242 e. The molecule has 0 spiro atoms. The molecule has 0 atom stereocenters. The number of rotatable bonds is 3. The van der Waals surface area contributed by atoms with Crippen molar-refractivity contribution in [1.82, 2.24) is 19.9 Å². The number of carbonyl (C=O) groups is 1. The molecule has 0 fully saturated rings. The smallest absolute Gasteiger partial charge is 0.242 e. The Bertz CT molecular complexity index is 1020. The fourth-order valence-corrected chi connectivity index (χ4v) is 3.54. The number of anilines is 2. The van der Waals surface area contributed by atoms with Crippen molar-refractivity contribution in [2.75, 3.05) is 11.2 Å². The molecule has 0 bridgehead atoms. The Morgan fingerprint density at radius 1 is 0.963 bits per heavy atom. The van der Waals surface area contributed by atoms with Gasteiger partial charge in [-0.05, 0) is 44.2 Å². The van der Waals surface area contributed by atoms with Crippen LogP contribution in [0.3, 0.4) is 0 Å². The summed E-state index contributed by atoms with van der Waals surface area (Å²) in [5.74, 6) is 1.24. The van der Waals surface area contributed by atoms with Crippen molar-refractivity contribution in [1.29, 1.82) is 0 Å². The van der Waals surface area contributed by atoms with Crippen LogP contribution >= 0.6 is 11.8 Å². The monoisotopic (exact) mass is 377 g/mol. The van der Waals surface area contributed by atoms with E-state index in [-0.39, 0.29) is 5.91 Å². The molecule has 136 valence electrons. The molecule has 3 aromatic rings. The van der Waals surface area contributed by atoms with E-state index in [0.717, 1.165) is 33.2 Å². The van der Waals surface area contributed by atoms with Gasteiger partial charge < -0.3 is 0 Å². The Kier molecular flexibility index (Phi) is 4.19. The minimum Gasteiger partial charge on any atom is -0.273 e. The van der Waals surface area contributed by atoms with Gasteiger partial charge in [-0.2, -0.15) is 0 Å². The fraction of sp³-hybridized carbons (Fsp3) is 0.250. The minimum atomic E-state index is -0.627. The normalized spacial score (nSPS) is 15.1. The number of hydrogen-bond donors (Lipinski definition) is 0. The molecule has 0 radical (unpaired) electrons. The highest BCUT2D eigenvalue weighted by Crippen LogP contribution is 2.46. The van der Waals surface area contributed by atoms with E-state index in [0.29, 0.717) is 5.82 Å². The molecule has 6 nitrogen and oxygen atoms in total. The lowest BCUT2D eigenvalue weighted by Crippen LogP contribution is -2.33. The number of hydrogen-bond acceptors (Lipinski definition) is 6. The first-order valence-electron chi connectivity index (χ1n) is 8.56. The number of aryl methyl sites for hydroxylation is 1. The first kappa shape index (κ1) is 17.6. The van der Waals surface area contributed by atoms with Crippen LogP contribution < -0.4 is 4.90 Å². The average Bonchev–Trinajstić information content (AvgIpc) is 2.88. The van der Waals surface area contributed by atoms with Crippen LogP contribution in [0, 0.1) is 6.92 Å². The Labute approximate surface area is 162 Å². The molecule has 0 saturated heterocycles. The third-order valence-corrected chi connectivity index (χ3v) is 5.45. The van der Waals surface area contributed by atoms with Gasteiger partial charge in [-0.1, -0.05) is 12.1 Å². The molecule has 1 aliphatic rings. The lowest BCUT2D eigenvalue weighted by Gasteiger charge is -2.19. The third-order valence-electron chi connectivity index (χ3n) is 4.82. The molecule has 4 rings (SSSR count). The van der Waals surface area contributed by atoms with Crippen LogP contribution in [0.4, 0.5) is 11.5 Å². The fourth-order valence-electron chi connectivity index (χ4n) is 3.23. The number of amides is 1. The molecule has 0 N–H and O–H groups in total. The lowest BCUT2D eigenvalue weighted by molar-refractivity contribution is -0.121. The zero-order valence-corrected chi connectivity index (χ0v) is 16.4. The van der Waals surface area contributed by atoms with Crippen molar-refractivity contribution in [2.45, 2.75) is 31.2 Å². The van der Waals surface area contributed by atoms with Gasteiger partial charge in [0.05, 0.1) is 23.5 Å². The predicted octanol–water partition coefficient (Wildman–Crippen LogP) is 3.92. The second-order valence-electron chi connectivity index (χ2n) is 6.93. The van der Waals surface area contributed by atoms with Crippen LogP contribution in [0.25, 0.3) is 11.1 Å². The molecule has 1 aromatic carbocycles. The summed E-state index contributed by atoms with van der Waals surface area (Å²) < 4.78 is 0. The maximum atomic E-state index is 13.2. The summed E-state index contributed by atoms with van der Waals surface area (Å²) in [6, 6.07) is 6.01.